The van der Waals surface area contributed by atoms with Crippen molar-refractivity contribution in [2.45, 2.75) is 32.8 Å². The first kappa shape index (κ1) is 13.6. The highest BCUT2D eigenvalue weighted by atomic mass is 79.9. The molecule has 2 atom stereocenters. The number of rotatable bonds is 4. The van der Waals surface area contributed by atoms with E-state index >= 15 is 0 Å². The van der Waals surface area contributed by atoms with E-state index in [4.69, 9.17) is 0 Å². The molecule has 2 unspecified atom stereocenters. The van der Waals surface area contributed by atoms with Gasteiger partial charge in [0.25, 0.3) is 0 Å². The smallest absolute Gasteiger partial charge is 0.143 e. The zero-order valence-corrected chi connectivity index (χ0v) is 10.9. The lowest BCUT2D eigenvalue weighted by atomic mass is 9.95. The highest BCUT2D eigenvalue weighted by molar-refractivity contribution is 9.10. The number of aliphatic hydroxyl groups excluding tert-OH is 1. The molecule has 0 spiro atoms. The first-order chi connectivity index (χ1) is 7.47. The molecule has 0 aliphatic heterocycles. The zero-order chi connectivity index (χ0) is 12.3. The first-order valence-corrected chi connectivity index (χ1v) is 6.07. The molecule has 0 saturated carbocycles. The van der Waals surface area contributed by atoms with Gasteiger partial charge in [-0.3, -0.25) is 0 Å². The average molecular weight is 293 g/mol. The molecule has 4 heteroatoms. The molecule has 1 aromatic rings. The summed E-state index contributed by atoms with van der Waals surface area (Å²) in [5.41, 5.74) is -0.0535. The Morgan fingerprint density at radius 2 is 2.00 bits per heavy atom. The maximum absolute atomic E-state index is 13.6. The van der Waals surface area contributed by atoms with Crippen molar-refractivity contribution in [3.05, 3.63) is 33.8 Å². The fourth-order valence-electron chi connectivity index (χ4n) is 1.44. The fourth-order valence-corrected chi connectivity index (χ4v) is 1.81. The lowest BCUT2D eigenvalue weighted by Crippen LogP contribution is -2.21. The number of hydrogen-bond donors (Lipinski definition) is 1. The van der Waals surface area contributed by atoms with Crippen LogP contribution in [0.5, 0.6) is 0 Å². The van der Waals surface area contributed by atoms with Gasteiger partial charge in [-0.2, -0.15) is 0 Å². The van der Waals surface area contributed by atoms with Crippen molar-refractivity contribution in [3.8, 4) is 0 Å². The highest BCUT2D eigenvalue weighted by Gasteiger charge is 2.19. The molecule has 0 aliphatic rings. The van der Waals surface area contributed by atoms with Crippen molar-refractivity contribution >= 4 is 15.9 Å². The predicted octanol–water partition coefficient (Wildman–Crippen LogP) is 3.68. The van der Waals surface area contributed by atoms with Crippen molar-refractivity contribution in [2.75, 3.05) is 0 Å². The van der Waals surface area contributed by atoms with Crippen LogP contribution in [0.3, 0.4) is 0 Å². The van der Waals surface area contributed by atoms with E-state index in [2.05, 4.69) is 15.9 Å². The van der Waals surface area contributed by atoms with Gasteiger partial charge in [0.05, 0.1) is 10.6 Å². The van der Waals surface area contributed by atoms with Crippen molar-refractivity contribution in [2.24, 2.45) is 5.92 Å². The second-order valence-electron chi connectivity index (χ2n) is 3.98. The van der Waals surface area contributed by atoms with E-state index in [-0.39, 0.29) is 22.4 Å². The molecule has 0 radical (unpaired) electrons. The minimum atomic E-state index is -0.719. The van der Waals surface area contributed by atoms with E-state index in [1.54, 1.807) is 0 Å². The van der Waals surface area contributed by atoms with Gasteiger partial charge >= 0.3 is 0 Å². The molecule has 0 aromatic heterocycles. The summed E-state index contributed by atoms with van der Waals surface area (Å²) in [5.74, 6) is -1.21. The molecule has 1 nitrogen and oxygen atoms in total. The quantitative estimate of drug-likeness (QED) is 0.840. The van der Waals surface area contributed by atoms with Crippen molar-refractivity contribution in [3.63, 3.8) is 0 Å². The Labute approximate surface area is 103 Å². The van der Waals surface area contributed by atoms with Crippen molar-refractivity contribution < 1.29 is 13.9 Å². The molecular weight excluding hydrogens is 278 g/mol. The van der Waals surface area contributed by atoms with Crippen LogP contribution in [0.15, 0.2) is 16.6 Å². The molecule has 1 N–H and O–H groups in total. The van der Waals surface area contributed by atoms with Gasteiger partial charge < -0.3 is 5.11 Å². The van der Waals surface area contributed by atoms with Crippen molar-refractivity contribution in [1.82, 2.24) is 0 Å². The summed E-state index contributed by atoms with van der Waals surface area (Å²) in [6.07, 6.45) is 0.0631. The maximum Gasteiger partial charge on any atom is 0.143 e. The molecule has 16 heavy (non-hydrogen) atoms. The van der Waals surface area contributed by atoms with E-state index in [1.807, 2.05) is 13.8 Å². The Morgan fingerprint density at radius 3 is 2.56 bits per heavy atom. The Kier molecular flexibility index (Phi) is 4.87. The third-order valence-corrected chi connectivity index (χ3v) is 3.47. The molecule has 0 aliphatic carbocycles. The van der Waals surface area contributed by atoms with E-state index in [9.17, 15) is 13.9 Å². The third-order valence-electron chi connectivity index (χ3n) is 2.85. The average Bonchev–Trinajstić information content (AvgIpc) is 2.28. The molecule has 90 valence electrons. The van der Waals surface area contributed by atoms with Crippen LogP contribution in [0.25, 0.3) is 0 Å². The highest BCUT2D eigenvalue weighted by Crippen LogP contribution is 2.24. The molecule has 0 heterocycles. The van der Waals surface area contributed by atoms with Crippen LogP contribution in [0.2, 0.25) is 0 Å². The van der Waals surface area contributed by atoms with Crippen LogP contribution >= 0.6 is 15.9 Å². The summed E-state index contributed by atoms with van der Waals surface area (Å²) in [4.78, 5) is 0. The van der Waals surface area contributed by atoms with E-state index < -0.39 is 17.7 Å². The van der Waals surface area contributed by atoms with Crippen molar-refractivity contribution in [1.29, 1.82) is 0 Å². The minimum Gasteiger partial charge on any atom is -0.393 e. The van der Waals surface area contributed by atoms with Crippen LogP contribution in [-0.4, -0.2) is 11.2 Å². The topological polar surface area (TPSA) is 20.2 Å². The molecule has 1 aromatic carbocycles. The Morgan fingerprint density at radius 1 is 1.38 bits per heavy atom. The summed E-state index contributed by atoms with van der Waals surface area (Å²) >= 11 is 3.00. The van der Waals surface area contributed by atoms with Gasteiger partial charge in [0, 0.05) is 12.0 Å². The SMILES string of the molecule is CCC(C)C(O)Cc1c(F)ccc(Br)c1F. The summed E-state index contributed by atoms with van der Waals surface area (Å²) in [6, 6.07) is 2.52. The van der Waals surface area contributed by atoms with Gasteiger partial charge in [0.1, 0.15) is 11.6 Å². The Balaban J connectivity index is 2.92. The van der Waals surface area contributed by atoms with Crippen LogP contribution in [0.4, 0.5) is 8.78 Å². The maximum atomic E-state index is 13.6. The van der Waals surface area contributed by atoms with Gasteiger partial charge in [-0.05, 0) is 34.0 Å². The first-order valence-electron chi connectivity index (χ1n) is 5.27. The second kappa shape index (κ2) is 5.73. The van der Waals surface area contributed by atoms with Crippen LogP contribution in [0.1, 0.15) is 25.8 Å². The molecule has 0 fully saturated rings. The van der Waals surface area contributed by atoms with E-state index in [1.165, 1.54) is 12.1 Å². The van der Waals surface area contributed by atoms with Crippen LogP contribution in [0, 0.1) is 17.6 Å². The largest absolute Gasteiger partial charge is 0.393 e. The monoisotopic (exact) mass is 292 g/mol. The molecule has 0 amide bonds. The van der Waals surface area contributed by atoms with Gasteiger partial charge in [-0.25, -0.2) is 8.78 Å². The van der Waals surface area contributed by atoms with Gasteiger partial charge in [0.15, 0.2) is 0 Å². The minimum absolute atomic E-state index is 0.00606. The van der Waals surface area contributed by atoms with Gasteiger partial charge in [-0.1, -0.05) is 20.3 Å². The lowest BCUT2D eigenvalue weighted by Gasteiger charge is -2.18. The second-order valence-corrected chi connectivity index (χ2v) is 4.83. The summed E-state index contributed by atoms with van der Waals surface area (Å²) in [6.45, 7) is 3.79. The Hall–Kier alpha value is -0.480. The summed E-state index contributed by atoms with van der Waals surface area (Å²) < 4.78 is 27.2. The summed E-state index contributed by atoms with van der Waals surface area (Å²) in [5, 5.41) is 9.76. The number of hydrogen-bond acceptors (Lipinski definition) is 1. The Bertz CT molecular complexity index is 368. The lowest BCUT2D eigenvalue weighted by molar-refractivity contribution is 0.113. The molecular formula is C12H15BrF2O. The molecule has 1 rings (SSSR count). The summed E-state index contributed by atoms with van der Waals surface area (Å²) in [7, 11) is 0. The van der Waals surface area contributed by atoms with E-state index in [0.717, 1.165) is 6.42 Å². The molecule has 0 saturated heterocycles. The van der Waals surface area contributed by atoms with E-state index in [0.29, 0.717) is 0 Å². The van der Waals surface area contributed by atoms with Gasteiger partial charge in [0.2, 0.25) is 0 Å². The van der Waals surface area contributed by atoms with Gasteiger partial charge in [-0.15, -0.1) is 0 Å². The predicted molar refractivity (Wildman–Crippen MR) is 63.2 cm³/mol. The van der Waals surface area contributed by atoms with Crippen LogP contribution < -0.4 is 0 Å². The molecule has 0 bridgehead atoms. The fraction of sp³-hybridized carbons (Fsp3) is 0.500. The third kappa shape index (κ3) is 3.01. The number of halogens is 3. The zero-order valence-electron chi connectivity index (χ0n) is 9.30. The number of aliphatic hydroxyl groups is 1. The van der Waals surface area contributed by atoms with Crippen LogP contribution in [-0.2, 0) is 6.42 Å². The standard InChI is InChI=1S/C12H15BrF2O/c1-3-7(2)11(16)6-8-10(14)5-4-9(13)12(8)15/h4-5,7,11,16H,3,6H2,1-2H3. The normalized spacial score (nSPS) is 14.9. The number of benzene rings is 1.